The van der Waals surface area contributed by atoms with E-state index in [4.69, 9.17) is 10.5 Å². The highest BCUT2D eigenvalue weighted by Gasteiger charge is 2.27. The van der Waals surface area contributed by atoms with Gasteiger partial charge in [0.1, 0.15) is 10.6 Å². The smallest absolute Gasteiger partial charge is 0.125 e. The SMILES string of the molecule is CCC(C)(OC)c1nc(CC(N)C(C)C)cs1. The van der Waals surface area contributed by atoms with E-state index in [1.807, 2.05) is 0 Å². The third kappa shape index (κ3) is 3.50. The minimum Gasteiger partial charge on any atom is -0.371 e. The van der Waals surface area contributed by atoms with Crippen molar-refractivity contribution in [3.63, 3.8) is 0 Å². The first-order valence-electron chi connectivity index (χ1n) is 6.18. The molecule has 0 saturated heterocycles. The van der Waals surface area contributed by atoms with Gasteiger partial charge in [-0.25, -0.2) is 4.98 Å². The summed E-state index contributed by atoms with van der Waals surface area (Å²) < 4.78 is 5.56. The van der Waals surface area contributed by atoms with Crippen molar-refractivity contribution >= 4 is 11.3 Å². The predicted molar refractivity (Wildman–Crippen MR) is 73.3 cm³/mol. The summed E-state index contributed by atoms with van der Waals surface area (Å²) in [5, 5.41) is 3.15. The van der Waals surface area contributed by atoms with Gasteiger partial charge >= 0.3 is 0 Å². The van der Waals surface area contributed by atoms with Crippen molar-refractivity contribution in [1.82, 2.24) is 4.98 Å². The number of rotatable bonds is 6. The molecule has 3 nitrogen and oxygen atoms in total. The Labute approximate surface area is 108 Å². The minimum atomic E-state index is -0.259. The average Bonchev–Trinajstić information content (AvgIpc) is 2.76. The summed E-state index contributed by atoms with van der Waals surface area (Å²) in [4.78, 5) is 4.66. The Bertz CT molecular complexity index is 345. The number of nitrogens with zero attached hydrogens (tertiary/aromatic N) is 1. The lowest BCUT2D eigenvalue weighted by molar-refractivity contribution is -0.00167. The first-order chi connectivity index (χ1) is 7.92. The van der Waals surface area contributed by atoms with Gasteiger partial charge in [0.25, 0.3) is 0 Å². The second-order valence-corrected chi connectivity index (χ2v) is 5.90. The van der Waals surface area contributed by atoms with E-state index in [9.17, 15) is 0 Å². The van der Waals surface area contributed by atoms with Gasteiger partial charge in [-0.1, -0.05) is 20.8 Å². The molecular formula is C13H24N2OS. The molecule has 0 aliphatic carbocycles. The lowest BCUT2D eigenvalue weighted by Crippen LogP contribution is -2.29. The summed E-state index contributed by atoms with van der Waals surface area (Å²) in [5.41, 5.74) is 6.89. The zero-order valence-corrected chi connectivity index (χ0v) is 12.3. The molecule has 98 valence electrons. The van der Waals surface area contributed by atoms with Gasteiger partial charge in [-0.2, -0.15) is 0 Å². The maximum absolute atomic E-state index is 6.07. The molecule has 0 spiro atoms. The van der Waals surface area contributed by atoms with E-state index in [2.05, 4.69) is 38.1 Å². The van der Waals surface area contributed by atoms with Gasteiger partial charge in [0.2, 0.25) is 0 Å². The fourth-order valence-corrected chi connectivity index (χ4v) is 2.55. The zero-order chi connectivity index (χ0) is 13.1. The van der Waals surface area contributed by atoms with Crippen molar-refractivity contribution in [1.29, 1.82) is 0 Å². The van der Waals surface area contributed by atoms with Crippen LogP contribution in [0, 0.1) is 5.92 Å². The Hall–Kier alpha value is -0.450. The third-order valence-electron chi connectivity index (χ3n) is 3.43. The van der Waals surface area contributed by atoms with Crippen LogP contribution in [0.5, 0.6) is 0 Å². The lowest BCUT2D eigenvalue weighted by Gasteiger charge is -2.23. The molecule has 0 bridgehead atoms. The number of hydrogen-bond acceptors (Lipinski definition) is 4. The highest BCUT2D eigenvalue weighted by Crippen LogP contribution is 2.31. The van der Waals surface area contributed by atoms with Crippen LogP contribution in [-0.2, 0) is 16.8 Å². The standard InChI is InChI=1S/C13H24N2OS/c1-6-13(4,16-5)12-15-10(8-17-12)7-11(14)9(2)3/h8-9,11H,6-7,14H2,1-5H3. The van der Waals surface area contributed by atoms with E-state index in [1.165, 1.54) is 0 Å². The molecule has 2 atom stereocenters. The van der Waals surface area contributed by atoms with Gasteiger partial charge in [0, 0.05) is 25.0 Å². The molecule has 0 amide bonds. The largest absolute Gasteiger partial charge is 0.371 e. The van der Waals surface area contributed by atoms with E-state index in [1.54, 1.807) is 18.4 Å². The molecule has 17 heavy (non-hydrogen) atoms. The average molecular weight is 256 g/mol. The summed E-state index contributed by atoms with van der Waals surface area (Å²) in [7, 11) is 1.74. The van der Waals surface area contributed by atoms with E-state index in [0.717, 1.165) is 23.5 Å². The van der Waals surface area contributed by atoms with E-state index >= 15 is 0 Å². The van der Waals surface area contributed by atoms with Gasteiger partial charge in [0.15, 0.2) is 0 Å². The van der Waals surface area contributed by atoms with Crippen LogP contribution in [0.3, 0.4) is 0 Å². The Kier molecular flexibility index (Phi) is 5.10. The Morgan fingerprint density at radius 3 is 2.65 bits per heavy atom. The van der Waals surface area contributed by atoms with Crippen LogP contribution in [0.25, 0.3) is 0 Å². The molecule has 0 fully saturated rings. The van der Waals surface area contributed by atoms with Crippen molar-refractivity contribution in [3.05, 3.63) is 16.1 Å². The van der Waals surface area contributed by atoms with Crippen LogP contribution < -0.4 is 5.73 Å². The summed E-state index contributed by atoms with van der Waals surface area (Å²) in [5.74, 6) is 0.486. The molecule has 2 N–H and O–H groups in total. The molecule has 1 aromatic heterocycles. The maximum atomic E-state index is 6.07. The van der Waals surface area contributed by atoms with E-state index < -0.39 is 0 Å². The minimum absolute atomic E-state index is 0.181. The van der Waals surface area contributed by atoms with Crippen LogP contribution in [0.15, 0.2) is 5.38 Å². The quantitative estimate of drug-likeness (QED) is 0.851. The van der Waals surface area contributed by atoms with E-state index in [-0.39, 0.29) is 11.6 Å². The third-order valence-corrected chi connectivity index (χ3v) is 4.57. The van der Waals surface area contributed by atoms with E-state index in [0.29, 0.717) is 5.92 Å². The molecule has 1 heterocycles. The van der Waals surface area contributed by atoms with Gasteiger partial charge in [0.05, 0.1) is 5.69 Å². The van der Waals surface area contributed by atoms with Gasteiger partial charge < -0.3 is 10.5 Å². The number of ether oxygens (including phenoxy) is 1. The highest BCUT2D eigenvalue weighted by molar-refractivity contribution is 7.09. The van der Waals surface area contributed by atoms with Crippen LogP contribution in [-0.4, -0.2) is 18.1 Å². The Morgan fingerprint density at radius 1 is 1.53 bits per heavy atom. The first kappa shape index (κ1) is 14.6. The topological polar surface area (TPSA) is 48.1 Å². The van der Waals surface area contributed by atoms with Crippen molar-refractivity contribution in [2.45, 2.75) is 52.2 Å². The molecule has 0 aromatic carbocycles. The molecule has 4 heteroatoms. The maximum Gasteiger partial charge on any atom is 0.125 e. The Morgan fingerprint density at radius 2 is 2.18 bits per heavy atom. The molecule has 1 aromatic rings. The van der Waals surface area contributed by atoms with Crippen molar-refractivity contribution in [3.8, 4) is 0 Å². The molecule has 0 saturated carbocycles. The van der Waals surface area contributed by atoms with Gasteiger partial charge in [-0.3, -0.25) is 0 Å². The number of methoxy groups -OCH3 is 1. The monoisotopic (exact) mass is 256 g/mol. The fraction of sp³-hybridized carbons (Fsp3) is 0.769. The van der Waals surface area contributed by atoms with Crippen LogP contribution in [0.4, 0.5) is 0 Å². The molecule has 0 aliphatic rings. The summed E-state index contributed by atoms with van der Waals surface area (Å²) in [6.45, 7) is 8.48. The molecule has 0 aliphatic heterocycles. The second-order valence-electron chi connectivity index (χ2n) is 5.04. The highest BCUT2D eigenvalue weighted by atomic mass is 32.1. The number of nitrogens with two attached hydrogens (primary N) is 1. The predicted octanol–water partition coefficient (Wildman–Crippen LogP) is 2.94. The summed E-state index contributed by atoms with van der Waals surface area (Å²) in [6, 6.07) is 0.181. The summed E-state index contributed by atoms with van der Waals surface area (Å²) in [6.07, 6.45) is 1.77. The first-order valence-corrected chi connectivity index (χ1v) is 7.06. The van der Waals surface area contributed by atoms with Crippen molar-refractivity contribution in [2.75, 3.05) is 7.11 Å². The summed E-state index contributed by atoms with van der Waals surface area (Å²) >= 11 is 1.67. The molecular weight excluding hydrogens is 232 g/mol. The molecule has 0 radical (unpaired) electrons. The van der Waals surface area contributed by atoms with Crippen LogP contribution in [0.1, 0.15) is 44.8 Å². The van der Waals surface area contributed by atoms with Crippen molar-refractivity contribution < 1.29 is 4.74 Å². The van der Waals surface area contributed by atoms with Gasteiger partial charge in [-0.05, 0) is 19.3 Å². The fourth-order valence-electron chi connectivity index (χ4n) is 1.50. The lowest BCUT2D eigenvalue weighted by atomic mass is 10.0. The van der Waals surface area contributed by atoms with Crippen molar-refractivity contribution in [2.24, 2.45) is 11.7 Å². The molecule has 1 rings (SSSR count). The Balaban J connectivity index is 2.78. The zero-order valence-electron chi connectivity index (χ0n) is 11.5. The van der Waals surface area contributed by atoms with Gasteiger partial charge in [-0.15, -0.1) is 11.3 Å². The van der Waals surface area contributed by atoms with Crippen LogP contribution >= 0.6 is 11.3 Å². The molecule has 2 unspecified atom stereocenters. The normalized spacial score (nSPS) is 17.1. The van der Waals surface area contributed by atoms with Crippen LogP contribution in [0.2, 0.25) is 0 Å². The number of thiazole rings is 1. The number of aromatic nitrogens is 1. The second kappa shape index (κ2) is 5.94. The number of hydrogen-bond donors (Lipinski definition) is 1.